The van der Waals surface area contributed by atoms with Gasteiger partial charge in [-0.2, -0.15) is 0 Å². The van der Waals surface area contributed by atoms with Crippen LogP contribution in [-0.4, -0.2) is 77.8 Å². The average Bonchev–Trinajstić information content (AvgIpc) is 3.16. The summed E-state index contributed by atoms with van der Waals surface area (Å²) in [5.41, 5.74) is 1.66. The van der Waals surface area contributed by atoms with Gasteiger partial charge >= 0.3 is 12.0 Å². The quantitative estimate of drug-likeness (QED) is 0.458. The average molecular weight is 501 g/mol. The Bertz CT molecular complexity index is 1090. The first kappa shape index (κ1) is 24.8. The summed E-state index contributed by atoms with van der Waals surface area (Å²) in [6.45, 7) is 6.79. The van der Waals surface area contributed by atoms with Gasteiger partial charge in [-0.3, -0.25) is 19.3 Å². The lowest BCUT2D eigenvalue weighted by Crippen LogP contribution is -2.47. The van der Waals surface area contributed by atoms with Gasteiger partial charge in [-0.1, -0.05) is 29.8 Å². The van der Waals surface area contributed by atoms with Crippen LogP contribution in [0.5, 0.6) is 0 Å². The summed E-state index contributed by atoms with van der Waals surface area (Å²) in [5, 5.41) is 3.38. The molecule has 9 nitrogen and oxygen atoms in total. The summed E-state index contributed by atoms with van der Waals surface area (Å²) >= 11 is 6.16. The zero-order chi connectivity index (χ0) is 25.1. The molecule has 0 spiro atoms. The van der Waals surface area contributed by atoms with Crippen LogP contribution in [0.4, 0.5) is 4.79 Å². The van der Waals surface area contributed by atoms with Crippen molar-refractivity contribution in [2.45, 2.75) is 25.8 Å². The van der Waals surface area contributed by atoms with Gasteiger partial charge in [0, 0.05) is 24.7 Å². The molecule has 3 heterocycles. The summed E-state index contributed by atoms with van der Waals surface area (Å²) in [4.78, 5) is 56.3. The van der Waals surface area contributed by atoms with Crippen LogP contribution in [0.2, 0.25) is 5.02 Å². The third kappa shape index (κ3) is 5.05. The number of halogens is 1. The predicted octanol–water partition coefficient (Wildman–Crippen LogP) is 2.49. The second-order valence-corrected chi connectivity index (χ2v) is 9.23. The molecular weight excluding hydrogens is 472 g/mol. The van der Waals surface area contributed by atoms with Crippen molar-refractivity contribution in [3.05, 3.63) is 58.8 Å². The maximum atomic E-state index is 13.5. The van der Waals surface area contributed by atoms with Crippen LogP contribution in [0.15, 0.2) is 48.2 Å². The van der Waals surface area contributed by atoms with E-state index in [9.17, 15) is 19.2 Å². The largest absolute Gasteiger partial charge is 0.466 e. The molecule has 0 bridgehead atoms. The monoisotopic (exact) mass is 500 g/mol. The van der Waals surface area contributed by atoms with Gasteiger partial charge in [0.25, 0.3) is 5.91 Å². The van der Waals surface area contributed by atoms with Crippen molar-refractivity contribution >= 4 is 35.4 Å². The zero-order valence-corrected chi connectivity index (χ0v) is 20.4. The molecule has 4 rings (SSSR count). The molecule has 1 aromatic carbocycles. The van der Waals surface area contributed by atoms with Crippen LogP contribution in [-0.2, 0) is 19.1 Å². The topological polar surface area (TPSA) is 99.3 Å². The van der Waals surface area contributed by atoms with Gasteiger partial charge in [-0.15, -0.1) is 6.58 Å². The summed E-state index contributed by atoms with van der Waals surface area (Å²) in [6.07, 6.45) is 2.96. The van der Waals surface area contributed by atoms with Gasteiger partial charge in [-0.05, 0) is 37.5 Å². The van der Waals surface area contributed by atoms with Crippen molar-refractivity contribution in [3.63, 3.8) is 0 Å². The number of ether oxygens (including phenoxy) is 1. The first-order valence-corrected chi connectivity index (χ1v) is 12.1. The fraction of sp³-hybridized carbons (Fsp3) is 0.440. The summed E-state index contributed by atoms with van der Waals surface area (Å²) in [6, 6.07) is 5.98. The molecule has 186 valence electrons. The second-order valence-electron chi connectivity index (χ2n) is 8.79. The van der Waals surface area contributed by atoms with Crippen molar-refractivity contribution in [1.82, 2.24) is 20.0 Å². The second kappa shape index (κ2) is 10.5. The van der Waals surface area contributed by atoms with E-state index in [-0.39, 0.29) is 55.9 Å². The van der Waals surface area contributed by atoms with Gasteiger partial charge < -0.3 is 19.9 Å². The number of benzene rings is 1. The van der Waals surface area contributed by atoms with Crippen molar-refractivity contribution in [3.8, 4) is 0 Å². The fourth-order valence-corrected chi connectivity index (χ4v) is 5.05. The highest BCUT2D eigenvalue weighted by molar-refractivity contribution is 6.30. The van der Waals surface area contributed by atoms with Crippen LogP contribution < -0.4 is 5.32 Å². The van der Waals surface area contributed by atoms with E-state index in [4.69, 9.17) is 16.3 Å². The Labute approximate surface area is 209 Å². The van der Waals surface area contributed by atoms with Crippen LogP contribution in [0, 0.1) is 5.92 Å². The number of likely N-dealkylation sites (tertiary alicyclic amines) is 1. The lowest BCUT2D eigenvalue weighted by atomic mass is 9.95. The van der Waals surface area contributed by atoms with Gasteiger partial charge in [-0.25, -0.2) is 4.79 Å². The fourth-order valence-electron chi connectivity index (χ4n) is 4.85. The first-order chi connectivity index (χ1) is 16.8. The number of hydrogen-bond acceptors (Lipinski definition) is 5. The number of rotatable bonds is 7. The molecule has 1 aromatic rings. The van der Waals surface area contributed by atoms with E-state index in [1.165, 1.54) is 9.80 Å². The minimum atomic E-state index is -0.673. The van der Waals surface area contributed by atoms with Crippen molar-refractivity contribution in [2.24, 2.45) is 5.92 Å². The van der Waals surface area contributed by atoms with E-state index in [1.807, 2.05) is 0 Å². The highest BCUT2D eigenvalue weighted by Crippen LogP contribution is 2.37. The summed E-state index contributed by atoms with van der Waals surface area (Å²) in [5.74, 6) is -1.20. The van der Waals surface area contributed by atoms with E-state index in [0.29, 0.717) is 47.8 Å². The van der Waals surface area contributed by atoms with E-state index in [2.05, 4.69) is 11.9 Å². The molecule has 0 radical (unpaired) electrons. The molecule has 0 aromatic heterocycles. The number of nitrogens with zero attached hydrogens (tertiary/aromatic N) is 3. The Hall–Kier alpha value is -3.33. The van der Waals surface area contributed by atoms with Crippen LogP contribution in [0.1, 0.15) is 31.4 Å². The van der Waals surface area contributed by atoms with Gasteiger partial charge in [0.2, 0.25) is 5.91 Å². The zero-order valence-electron chi connectivity index (χ0n) is 19.7. The number of hydrogen-bond donors (Lipinski definition) is 1. The number of urea groups is 1. The van der Waals surface area contributed by atoms with Crippen molar-refractivity contribution < 1.29 is 23.9 Å². The number of piperidine rings is 1. The van der Waals surface area contributed by atoms with Gasteiger partial charge in [0.05, 0.1) is 36.4 Å². The molecule has 0 aliphatic carbocycles. The van der Waals surface area contributed by atoms with Crippen molar-refractivity contribution in [2.75, 3.05) is 39.3 Å². The third-order valence-electron chi connectivity index (χ3n) is 6.51. The van der Waals surface area contributed by atoms with Gasteiger partial charge in [0.1, 0.15) is 6.54 Å². The number of carbonyl (C=O) groups is 4. The lowest BCUT2D eigenvalue weighted by molar-refractivity contribution is -0.151. The molecule has 35 heavy (non-hydrogen) atoms. The van der Waals surface area contributed by atoms with Gasteiger partial charge in [0.15, 0.2) is 0 Å². The first-order valence-electron chi connectivity index (χ1n) is 11.7. The molecule has 2 atom stereocenters. The summed E-state index contributed by atoms with van der Waals surface area (Å²) in [7, 11) is 0. The maximum absolute atomic E-state index is 13.5. The van der Waals surface area contributed by atoms with E-state index in [0.717, 1.165) is 0 Å². The smallest absolute Gasteiger partial charge is 0.322 e. The Kier molecular flexibility index (Phi) is 7.45. The molecule has 3 aliphatic rings. The molecule has 3 aliphatic heterocycles. The minimum absolute atomic E-state index is 0.132. The number of esters is 1. The molecular formula is C25H29ClN4O5. The summed E-state index contributed by atoms with van der Waals surface area (Å²) < 4.78 is 5.12. The lowest BCUT2D eigenvalue weighted by Gasteiger charge is -2.33. The Morgan fingerprint density at radius 3 is 2.83 bits per heavy atom. The van der Waals surface area contributed by atoms with E-state index < -0.39 is 6.04 Å². The molecule has 10 heteroatoms. The molecule has 4 amide bonds. The number of nitrogens with one attached hydrogen (secondary N) is 1. The van der Waals surface area contributed by atoms with Crippen LogP contribution >= 0.6 is 11.6 Å². The minimum Gasteiger partial charge on any atom is -0.466 e. The Balaban J connectivity index is 1.54. The number of amides is 4. The van der Waals surface area contributed by atoms with Crippen molar-refractivity contribution in [1.29, 1.82) is 0 Å². The molecule has 1 saturated heterocycles. The third-order valence-corrected chi connectivity index (χ3v) is 6.75. The number of carbonyl (C=O) groups excluding carboxylic acids is 4. The normalized spacial score (nSPS) is 22.2. The predicted molar refractivity (Wildman–Crippen MR) is 129 cm³/mol. The van der Waals surface area contributed by atoms with E-state index >= 15 is 0 Å². The van der Waals surface area contributed by atoms with E-state index in [1.54, 1.807) is 42.2 Å². The standard InChI is InChI=1S/C25H29ClN4O5/c1-3-10-30-19-14-29(15-20(31)28-11-6-8-17(13-28)24(33)35-4-2)23(32)21(19)22(27-25(30)34)16-7-5-9-18(26)12-16/h3,5,7,9,12,17,22H,1,4,6,8,10-11,13-15H2,2H3,(H,27,34)/t17-,22+/m0/s1. The molecule has 1 fully saturated rings. The highest BCUT2D eigenvalue weighted by atomic mass is 35.5. The molecule has 0 unspecified atom stereocenters. The van der Waals surface area contributed by atoms with Crippen LogP contribution in [0.25, 0.3) is 0 Å². The molecule has 1 N–H and O–H groups in total. The SMILES string of the molecule is C=CCN1C(=O)N[C@H](c2cccc(Cl)c2)C2=C1CN(CC(=O)N1CCC[C@H](C(=O)OCC)C1)C2=O. The Morgan fingerprint density at radius 2 is 2.11 bits per heavy atom. The Morgan fingerprint density at radius 1 is 1.31 bits per heavy atom. The van der Waals surface area contributed by atoms with Crippen LogP contribution in [0.3, 0.4) is 0 Å². The molecule has 0 saturated carbocycles. The highest BCUT2D eigenvalue weighted by Gasteiger charge is 2.44. The maximum Gasteiger partial charge on any atom is 0.322 e.